The van der Waals surface area contributed by atoms with Gasteiger partial charge >= 0.3 is 5.97 Å². The Kier molecular flexibility index (Phi) is 3.94. The predicted octanol–water partition coefficient (Wildman–Crippen LogP) is 1.84. The van der Waals surface area contributed by atoms with Crippen LogP contribution in [0.25, 0.3) is 10.9 Å². The maximum absolute atomic E-state index is 13.2. The maximum Gasteiger partial charge on any atom is 0.343 e. The molecule has 0 aliphatic heterocycles. The number of nitrogens with one attached hydrogen (secondary N) is 1. The van der Waals surface area contributed by atoms with Crippen molar-refractivity contribution in [2.45, 2.75) is 25.6 Å². The molecule has 0 saturated heterocycles. The molecule has 2 aromatic rings. The Morgan fingerprint density at radius 3 is 2.83 bits per heavy atom. The smallest absolute Gasteiger partial charge is 0.343 e. The number of alkyl halides is 1. The molecule has 1 aromatic heterocycles. The van der Waals surface area contributed by atoms with Crippen molar-refractivity contribution in [1.82, 2.24) is 4.68 Å². The van der Waals surface area contributed by atoms with Gasteiger partial charge in [-0.3, -0.25) is 9.47 Å². The fourth-order valence-electron chi connectivity index (χ4n) is 2.45. The molecule has 1 N–H and O–H groups in total. The molecule has 6 nitrogen and oxygen atoms in total. The summed E-state index contributed by atoms with van der Waals surface area (Å²) in [5, 5.41) is 0.304. The number of rotatable bonds is 5. The summed E-state index contributed by atoms with van der Waals surface area (Å²) in [5.74, 6) is -0.246. The highest BCUT2D eigenvalue weighted by Gasteiger charge is 2.38. The van der Waals surface area contributed by atoms with Gasteiger partial charge in [0.2, 0.25) is 5.43 Å². The predicted molar refractivity (Wildman–Crippen MR) is 83.4 cm³/mol. The highest BCUT2D eigenvalue weighted by molar-refractivity contribution is 5.95. The van der Waals surface area contributed by atoms with Crippen molar-refractivity contribution in [1.29, 1.82) is 0 Å². The van der Waals surface area contributed by atoms with Crippen LogP contribution >= 0.6 is 0 Å². The number of aromatic nitrogens is 1. The van der Waals surface area contributed by atoms with Gasteiger partial charge in [-0.1, -0.05) is 6.07 Å². The monoisotopic (exact) mass is 320 g/mol. The van der Waals surface area contributed by atoms with E-state index < -0.39 is 17.6 Å². The van der Waals surface area contributed by atoms with Crippen LogP contribution in [0.1, 0.15) is 23.7 Å². The number of nitrogens with zero attached hydrogens (tertiary/aromatic N) is 1. The largest absolute Gasteiger partial charge is 0.494 e. The number of fused-ring (bicyclic) bond motifs is 1. The molecule has 23 heavy (non-hydrogen) atoms. The molecular formula is C16H17FN2O4. The zero-order valence-corrected chi connectivity index (χ0v) is 12.8. The molecule has 0 bridgehead atoms. The molecule has 2 atom stereocenters. The van der Waals surface area contributed by atoms with Crippen LogP contribution in [0.15, 0.2) is 29.2 Å². The zero-order chi connectivity index (χ0) is 16.6. The van der Waals surface area contributed by atoms with E-state index in [4.69, 9.17) is 9.47 Å². The van der Waals surface area contributed by atoms with E-state index in [0.717, 1.165) is 0 Å². The summed E-state index contributed by atoms with van der Waals surface area (Å²) in [5.41, 5.74) is 2.89. The molecule has 0 unspecified atom stereocenters. The number of hydrogen-bond donors (Lipinski definition) is 1. The summed E-state index contributed by atoms with van der Waals surface area (Å²) in [4.78, 5) is 24.6. The number of ether oxygens (including phenoxy) is 2. The van der Waals surface area contributed by atoms with Crippen LogP contribution in [0.3, 0.4) is 0 Å². The molecule has 1 aliphatic rings. The lowest BCUT2D eigenvalue weighted by molar-refractivity contribution is 0.0524. The quantitative estimate of drug-likeness (QED) is 0.851. The van der Waals surface area contributed by atoms with Crippen molar-refractivity contribution in [3.8, 4) is 5.75 Å². The molecule has 0 spiro atoms. The Bertz CT molecular complexity index is 818. The molecule has 1 saturated carbocycles. The van der Waals surface area contributed by atoms with E-state index in [-0.39, 0.29) is 18.2 Å². The maximum atomic E-state index is 13.2. The second-order valence-electron chi connectivity index (χ2n) is 5.31. The minimum Gasteiger partial charge on any atom is -0.494 e. The first-order valence-corrected chi connectivity index (χ1v) is 7.37. The first-order chi connectivity index (χ1) is 11.1. The summed E-state index contributed by atoms with van der Waals surface area (Å²) in [6.45, 7) is 1.83. The lowest BCUT2D eigenvalue weighted by Gasteiger charge is -2.16. The molecule has 1 fully saturated rings. The highest BCUT2D eigenvalue weighted by Crippen LogP contribution is 2.29. The lowest BCUT2D eigenvalue weighted by Crippen LogP contribution is -2.26. The van der Waals surface area contributed by atoms with Gasteiger partial charge in [0.05, 0.1) is 25.1 Å². The average molecular weight is 320 g/mol. The van der Waals surface area contributed by atoms with Crippen LogP contribution in [0.2, 0.25) is 0 Å². The van der Waals surface area contributed by atoms with Crippen molar-refractivity contribution in [2.24, 2.45) is 0 Å². The number of benzene rings is 1. The molecule has 1 heterocycles. The standard InChI is InChI=1S/C16H17FN2O4/c1-3-23-16(21)10-8-19(18-12-7-11(12)17)14-9(15(10)20)5-4-6-13(14)22-2/h4-6,8,11-12,18H,3,7H2,1-2H3/t11-,12+/m0/s1. The third-order valence-electron chi connectivity index (χ3n) is 3.72. The van der Waals surface area contributed by atoms with Crippen LogP contribution in [-0.2, 0) is 4.74 Å². The van der Waals surface area contributed by atoms with Crippen molar-refractivity contribution in [2.75, 3.05) is 19.1 Å². The van der Waals surface area contributed by atoms with Gasteiger partial charge in [0.15, 0.2) is 0 Å². The Labute approximate surface area is 131 Å². The Morgan fingerprint density at radius 2 is 2.22 bits per heavy atom. The summed E-state index contributed by atoms with van der Waals surface area (Å²) in [6, 6.07) is 4.61. The Morgan fingerprint density at radius 1 is 1.48 bits per heavy atom. The van der Waals surface area contributed by atoms with Gasteiger partial charge in [-0.25, -0.2) is 9.18 Å². The van der Waals surface area contributed by atoms with Gasteiger partial charge in [0, 0.05) is 12.6 Å². The first-order valence-electron chi connectivity index (χ1n) is 7.37. The molecule has 0 radical (unpaired) electrons. The average Bonchev–Trinajstić information content (AvgIpc) is 3.24. The fraction of sp³-hybridized carbons (Fsp3) is 0.375. The Balaban J connectivity index is 2.21. The number of esters is 1. The summed E-state index contributed by atoms with van der Waals surface area (Å²) in [6.07, 6.45) is 0.790. The van der Waals surface area contributed by atoms with Gasteiger partial charge in [-0.05, 0) is 19.1 Å². The molecule has 7 heteroatoms. The van der Waals surface area contributed by atoms with Gasteiger partial charge in [-0.15, -0.1) is 0 Å². The molecule has 1 aliphatic carbocycles. The van der Waals surface area contributed by atoms with Crippen molar-refractivity contribution >= 4 is 16.9 Å². The van der Waals surface area contributed by atoms with E-state index in [1.807, 2.05) is 0 Å². The number of para-hydroxylation sites is 1. The summed E-state index contributed by atoms with van der Waals surface area (Å²) < 4.78 is 24.9. The van der Waals surface area contributed by atoms with E-state index in [0.29, 0.717) is 23.1 Å². The molecule has 3 rings (SSSR count). The molecular weight excluding hydrogens is 303 g/mol. The van der Waals surface area contributed by atoms with Crippen LogP contribution in [0.4, 0.5) is 4.39 Å². The van der Waals surface area contributed by atoms with E-state index in [1.54, 1.807) is 25.1 Å². The van der Waals surface area contributed by atoms with Crippen LogP contribution < -0.4 is 15.6 Å². The highest BCUT2D eigenvalue weighted by atomic mass is 19.1. The van der Waals surface area contributed by atoms with Gasteiger partial charge < -0.3 is 14.9 Å². The van der Waals surface area contributed by atoms with E-state index in [9.17, 15) is 14.0 Å². The van der Waals surface area contributed by atoms with Gasteiger partial charge in [0.25, 0.3) is 0 Å². The first kappa shape index (κ1) is 15.3. The van der Waals surface area contributed by atoms with Crippen molar-refractivity contribution in [3.63, 3.8) is 0 Å². The van der Waals surface area contributed by atoms with Crippen LogP contribution in [-0.4, -0.2) is 36.6 Å². The van der Waals surface area contributed by atoms with E-state index in [2.05, 4.69) is 5.43 Å². The van der Waals surface area contributed by atoms with Gasteiger partial charge in [-0.2, -0.15) is 0 Å². The lowest BCUT2D eigenvalue weighted by atomic mass is 10.1. The van der Waals surface area contributed by atoms with Crippen molar-refractivity contribution in [3.05, 3.63) is 40.2 Å². The van der Waals surface area contributed by atoms with Crippen LogP contribution in [0.5, 0.6) is 5.75 Å². The van der Waals surface area contributed by atoms with Crippen LogP contribution in [0, 0.1) is 0 Å². The summed E-state index contributed by atoms with van der Waals surface area (Å²) in [7, 11) is 1.48. The molecule has 122 valence electrons. The van der Waals surface area contributed by atoms with E-state index in [1.165, 1.54) is 18.0 Å². The minimum absolute atomic E-state index is 0.101. The number of halogens is 1. The molecule has 1 aromatic carbocycles. The number of carbonyl (C=O) groups is 1. The second-order valence-corrected chi connectivity index (χ2v) is 5.31. The third-order valence-corrected chi connectivity index (χ3v) is 3.72. The zero-order valence-electron chi connectivity index (χ0n) is 12.8. The fourth-order valence-corrected chi connectivity index (χ4v) is 2.45. The molecule has 0 amide bonds. The minimum atomic E-state index is -0.940. The normalized spacial score (nSPS) is 19.4. The van der Waals surface area contributed by atoms with E-state index >= 15 is 0 Å². The number of methoxy groups -OCH3 is 1. The Hall–Kier alpha value is -2.57. The second kappa shape index (κ2) is 5.91. The summed E-state index contributed by atoms with van der Waals surface area (Å²) >= 11 is 0. The number of pyridine rings is 1. The van der Waals surface area contributed by atoms with Crippen molar-refractivity contribution < 1.29 is 18.7 Å². The number of carbonyl (C=O) groups excluding carboxylic acids is 1. The number of hydrogen-bond acceptors (Lipinski definition) is 5. The third kappa shape index (κ3) is 2.74. The topological polar surface area (TPSA) is 69.6 Å². The van der Waals surface area contributed by atoms with Gasteiger partial charge in [0.1, 0.15) is 23.0 Å². The SMILES string of the molecule is CCOC(=O)c1cn(N[C@@H]2C[C@@H]2F)c2c(OC)cccc2c1=O.